The highest BCUT2D eigenvalue weighted by atomic mass is 35.5. The number of fused-ring (bicyclic) bond motifs is 1. The van der Waals surface area contributed by atoms with E-state index in [1.165, 1.54) is 6.20 Å². The zero-order chi connectivity index (χ0) is 15.9. The fourth-order valence-corrected chi connectivity index (χ4v) is 2.08. The molecule has 0 N–H and O–H groups in total. The molecule has 3 aromatic rings. The van der Waals surface area contributed by atoms with Crippen molar-refractivity contribution in [2.75, 3.05) is 0 Å². The van der Waals surface area contributed by atoms with E-state index in [-0.39, 0.29) is 16.5 Å². The average molecular weight is 323 g/mol. The summed E-state index contributed by atoms with van der Waals surface area (Å²) in [5.41, 5.74) is 0.744. The Bertz CT molecular complexity index is 896. The van der Waals surface area contributed by atoms with Crippen molar-refractivity contribution in [3.8, 4) is 11.5 Å². The third kappa shape index (κ3) is 2.44. The van der Waals surface area contributed by atoms with Gasteiger partial charge < -0.3 is 9.30 Å². The lowest BCUT2D eigenvalue weighted by atomic mass is 10.3. The van der Waals surface area contributed by atoms with Gasteiger partial charge in [-0.3, -0.25) is 10.1 Å². The van der Waals surface area contributed by atoms with Crippen LogP contribution in [-0.4, -0.2) is 19.5 Å². The fourth-order valence-electron chi connectivity index (χ4n) is 1.92. The average Bonchev–Trinajstić information content (AvgIpc) is 2.83. The lowest BCUT2D eigenvalue weighted by Gasteiger charge is -2.07. The van der Waals surface area contributed by atoms with E-state index in [9.17, 15) is 14.5 Å². The Morgan fingerprint density at radius 1 is 1.36 bits per heavy atom. The summed E-state index contributed by atoms with van der Waals surface area (Å²) >= 11 is 5.55. The zero-order valence-electron chi connectivity index (χ0n) is 11.2. The smallest absolute Gasteiger partial charge is 0.313 e. The van der Waals surface area contributed by atoms with E-state index < -0.39 is 16.4 Å². The Morgan fingerprint density at radius 2 is 2.14 bits per heavy atom. The van der Waals surface area contributed by atoms with Crippen LogP contribution >= 0.6 is 11.6 Å². The molecule has 0 saturated heterocycles. The minimum absolute atomic E-state index is 0.205. The molecule has 1 aromatic carbocycles. The first-order chi connectivity index (χ1) is 10.5. The van der Waals surface area contributed by atoms with Gasteiger partial charge >= 0.3 is 5.69 Å². The van der Waals surface area contributed by atoms with Gasteiger partial charge in [-0.25, -0.2) is 14.4 Å². The molecule has 0 spiro atoms. The maximum atomic E-state index is 13.5. The van der Waals surface area contributed by atoms with Gasteiger partial charge in [0.15, 0.2) is 5.65 Å². The van der Waals surface area contributed by atoms with Crippen molar-refractivity contribution in [1.29, 1.82) is 0 Å². The van der Waals surface area contributed by atoms with Crippen molar-refractivity contribution >= 4 is 28.5 Å². The second-order valence-corrected chi connectivity index (χ2v) is 4.87. The summed E-state index contributed by atoms with van der Waals surface area (Å²) in [5.74, 6) is -0.867. The number of aryl methyl sites for hydroxylation is 1. The molecule has 0 fully saturated rings. The molecule has 0 atom stereocenters. The maximum absolute atomic E-state index is 13.5. The van der Waals surface area contributed by atoms with E-state index in [0.29, 0.717) is 11.2 Å². The Morgan fingerprint density at radius 3 is 2.86 bits per heavy atom. The van der Waals surface area contributed by atoms with Gasteiger partial charge in [0.05, 0.1) is 22.5 Å². The molecular weight excluding hydrogens is 315 g/mol. The van der Waals surface area contributed by atoms with Crippen LogP contribution in [0.5, 0.6) is 11.5 Å². The predicted octanol–water partition coefficient (Wildman–Crippen LogP) is 3.46. The van der Waals surface area contributed by atoms with Crippen molar-refractivity contribution < 1.29 is 14.1 Å². The molecule has 2 aromatic heterocycles. The van der Waals surface area contributed by atoms with Crippen LogP contribution in [0.15, 0.2) is 30.7 Å². The van der Waals surface area contributed by atoms with Gasteiger partial charge in [0.2, 0.25) is 5.75 Å². The van der Waals surface area contributed by atoms with E-state index in [0.717, 1.165) is 12.1 Å². The van der Waals surface area contributed by atoms with Gasteiger partial charge in [-0.1, -0.05) is 11.6 Å². The number of nitro benzene ring substituents is 1. The number of halogens is 2. The minimum atomic E-state index is -0.811. The van der Waals surface area contributed by atoms with Crippen LogP contribution in [0.3, 0.4) is 0 Å². The van der Waals surface area contributed by atoms with Crippen molar-refractivity contribution in [3.05, 3.63) is 51.7 Å². The van der Waals surface area contributed by atoms with Crippen molar-refractivity contribution in [2.24, 2.45) is 7.05 Å². The normalized spacial score (nSPS) is 10.9. The fraction of sp³-hybridized carbons (Fsp3) is 0.0769. The van der Waals surface area contributed by atoms with Gasteiger partial charge in [0, 0.05) is 25.2 Å². The van der Waals surface area contributed by atoms with Crippen molar-refractivity contribution in [3.63, 3.8) is 0 Å². The molecule has 0 aliphatic heterocycles. The molecule has 7 nitrogen and oxygen atoms in total. The summed E-state index contributed by atoms with van der Waals surface area (Å²) in [4.78, 5) is 18.5. The number of ether oxygens (including phenoxy) is 1. The number of hydrogen-bond acceptors (Lipinski definition) is 5. The first-order valence-electron chi connectivity index (χ1n) is 6.04. The molecule has 0 aliphatic rings. The number of benzene rings is 1. The van der Waals surface area contributed by atoms with Gasteiger partial charge in [-0.2, -0.15) is 0 Å². The summed E-state index contributed by atoms with van der Waals surface area (Å²) in [7, 11) is 1.78. The topological polar surface area (TPSA) is 83.1 Å². The molecule has 0 aliphatic carbocycles. The Hall–Kier alpha value is -2.74. The van der Waals surface area contributed by atoms with E-state index in [1.54, 1.807) is 24.0 Å². The Kier molecular flexibility index (Phi) is 3.38. The van der Waals surface area contributed by atoms with E-state index >= 15 is 0 Å². The Balaban J connectivity index is 2.03. The number of nitro groups is 1. The summed E-state index contributed by atoms with van der Waals surface area (Å²) < 4.78 is 20.6. The number of pyridine rings is 1. The highest BCUT2D eigenvalue weighted by molar-refractivity contribution is 6.31. The van der Waals surface area contributed by atoms with E-state index in [4.69, 9.17) is 16.3 Å². The van der Waals surface area contributed by atoms with Crippen LogP contribution in [0.4, 0.5) is 10.1 Å². The lowest BCUT2D eigenvalue weighted by molar-refractivity contribution is -0.385. The van der Waals surface area contributed by atoms with Crippen LogP contribution in [0.1, 0.15) is 0 Å². The molecule has 3 rings (SSSR count). The van der Waals surface area contributed by atoms with Crippen LogP contribution in [0.2, 0.25) is 5.02 Å². The predicted molar refractivity (Wildman–Crippen MR) is 76.6 cm³/mol. The molecule has 0 amide bonds. The molecule has 0 saturated carbocycles. The SMILES string of the molecule is Cn1cnc2cc(Oc3cc(F)c(Cl)cc3[N+](=O)[O-])cnc21. The van der Waals surface area contributed by atoms with Gasteiger partial charge in [0.1, 0.15) is 17.1 Å². The monoisotopic (exact) mass is 322 g/mol. The molecule has 22 heavy (non-hydrogen) atoms. The summed E-state index contributed by atoms with van der Waals surface area (Å²) in [6.45, 7) is 0. The summed E-state index contributed by atoms with van der Waals surface area (Å²) in [6, 6.07) is 3.32. The second kappa shape index (κ2) is 5.23. The number of aromatic nitrogens is 3. The van der Waals surface area contributed by atoms with Crippen LogP contribution in [0.25, 0.3) is 11.2 Å². The maximum Gasteiger partial charge on any atom is 0.313 e. The highest BCUT2D eigenvalue weighted by Crippen LogP contribution is 2.35. The van der Waals surface area contributed by atoms with Crippen LogP contribution in [0, 0.1) is 15.9 Å². The minimum Gasteiger partial charge on any atom is -0.448 e. The largest absolute Gasteiger partial charge is 0.448 e. The zero-order valence-corrected chi connectivity index (χ0v) is 11.9. The molecule has 0 unspecified atom stereocenters. The van der Waals surface area contributed by atoms with Crippen molar-refractivity contribution in [1.82, 2.24) is 14.5 Å². The quantitative estimate of drug-likeness (QED) is 0.544. The van der Waals surface area contributed by atoms with Crippen LogP contribution in [-0.2, 0) is 7.05 Å². The second-order valence-electron chi connectivity index (χ2n) is 4.46. The number of imidazole rings is 1. The molecular formula is C13H8ClFN4O3. The van der Waals surface area contributed by atoms with Crippen molar-refractivity contribution in [2.45, 2.75) is 0 Å². The molecule has 0 bridgehead atoms. The van der Waals surface area contributed by atoms with Gasteiger partial charge in [0.25, 0.3) is 0 Å². The Labute approximate surface area is 128 Å². The van der Waals surface area contributed by atoms with E-state index in [2.05, 4.69) is 9.97 Å². The summed E-state index contributed by atoms with van der Waals surface area (Å²) in [6.07, 6.45) is 2.95. The lowest BCUT2D eigenvalue weighted by Crippen LogP contribution is -1.96. The van der Waals surface area contributed by atoms with E-state index in [1.807, 2.05) is 0 Å². The first kappa shape index (κ1) is 14.2. The molecule has 9 heteroatoms. The number of nitrogens with zero attached hydrogens (tertiary/aromatic N) is 4. The third-order valence-electron chi connectivity index (χ3n) is 2.95. The molecule has 0 radical (unpaired) electrons. The standard InChI is InChI=1S/C13H8ClFN4O3/c1-18-6-17-10-2-7(5-16-13(10)18)22-12-4-9(15)8(14)3-11(12)19(20)21/h2-6H,1H3. The van der Waals surface area contributed by atoms with Crippen LogP contribution < -0.4 is 4.74 Å². The van der Waals surface area contributed by atoms with Gasteiger partial charge in [-0.05, 0) is 0 Å². The number of hydrogen-bond donors (Lipinski definition) is 0. The van der Waals surface area contributed by atoms with Gasteiger partial charge in [-0.15, -0.1) is 0 Å². The summed E-state index contributed by atoms with van der Waals surface area (Å²) in [5, 5.41) is 10.7. The first-order valence-corrected chi connectivity index (χ1v) is 6.42. The molecule has 112 valence electrons. The highest BCUT2D eigenvalue weighted by Gasteiger charge is 2.20. The third-order valence-corrected chi connectivity index (χ3v) is 3.24. The number of rotatable bonds is 3. The molecule has 2 heterocycles.